The number of rotatable bonds is 5. The summed E-state index contributed by atoms with van der Waals surface area (Å²) in [5.74, 6) is 1.96. The predicted molar refractivity (Wildman–Crippen MR) is 126 cm³/mol. The Morgan fingerprint density at radius 3 is 2.39 bits per heavy atom. The standard InChI is InChI=1S/C22H35N3O2.HI/c1-5-23-20(25-13-10-21(2,3)17-25)24-16-22(11-14-27-15-12-22)18-6-8-19(26-4)9-7-18;/h6-9H,5,10-17H2,1-4H3,(H,23,24);1H. The SMILES string of the molecule is CCNC(=NCC1(c2ccc(OC)cc2)CCOCC1)N1CCC(C)(C)C1.I. The van der Waals surface area contributed by atoms with E-state index >= 15 is 0 Å². The number of guanidine groups is 1. The van der Waals surface area contributed by atoms with Crippen molar-refractivity contribution >= 4 is 29.9 Å². The fourth-order valence-electron chi connectivity index (χ4n) is 4.19. The van der Waals surface area contributed by atoms with Gasteiger partial charge in [0.15, 0.2) is 5.96 Å². The van der Waals surface area contributed by atoms with E-state index in [9.17, 15) is 0 Å². The maximum atomic E-state index is 5.67. The van der Waals surface area contributed by atoms with Gasteiger partial charge in [-0.1, -0.05) is 26.0 Å². The van der Waals surface area contributed by atoms with E-state index in [-0.39, 0.29) is 29.4 Å². The zero-order valence-corrected chi connectivity index (χ0v) is 20.1. The van der Waals surface area contributed by atoms with Gasteiger partial charge < -0.3 is 19.7 Å². The first-order chi connectivity index (χ1) is 13.0. The van der Waals surface area contributed by atoms with Crippen molar-refractivity contribution < 1.29 is 9.47 Å². The van der Waals surface area contributed by atoms with Crippen molar-refractivity contribution in [1.29, 1.82) is 0 Å². The second-order valence-corrected chi connectivity index (χ2v) is 8.63. The van der Waals surface area contributed by atoms with Crippen molar-refractivity contribution in [3.63, 3.8) is 0 Å². The molecule has 1 aromatic rings. The highest BCUT2D eigenvalue weighted by Crippen LogP contribution is 2.36. The molecule has 6 heteroatoms. The summed E-state index contributed by atoms with van der Waals surface area (Å²) in [6.07, 6.45) is 3.23. The van der Waals surface area contributed by atoms with Crippen molar-refractivity contribution in [2.24, 2.45) is 10.4 Å². The number of ether oxygens (including phenoxy) is 2. The Kier molecular flexibility index (Phi) is 8.43. The molecule has 2 fully saturated rings. The minimum atomic E-state index is 0. The Hall–Kier alpha value is -1.02. The third-order valence-corrected chi connectivity index (χ3v) is 6.00. The molecule has 1 aromatic carbocycles. The Labute approximate surface area is 187 Å². The van der Waals surface area contributed by atoms with Crippen molar-refractivity contribution in [3.05, 3.63) is 29.8 Å². The van der Waals surface area contributed by atoms with Crippen LogP contribution in [-0.4, -0.2) is 57.4 Å². The largest absolute Gasteiger partial charge is 0.497 e. The van der Waals surface area contributed by atoms with Crippen LogP contribution >= 0.6 is 24.0 Å². The molecule has 3 rings (SSSR count). The summed E-state index contributed by atoms with van der Waals surface area (Å²) in [6.45, 7) is 12.3. The van der Waals surface area contributed by atoms with E-state index in [1.54, 1.807) is 7.11 Å². The molecule has 158 valence electrons. The van der Waals surface area contributed by atoms with Crippen LogP contribution in [0.4, 0.5) is 0 Å². The topological polar surface area (TPSA) is 46.1 Å². The minimum absolute atomic E-state index is 0. The van der Waals surface area contributed by atoms with Gasteiger partial charge in [0.25, 0.3) is 0 Å². The lowest BCUT2D eigenvalue weighted by Crippen LogP contribution is -2.43. The molecule has 0 spiro atoms. The van der Waals surface area contributed by atoms with Gasteiger partial charge >= 0.3 is 0 Å². The van der Waals surface area contributed by atoms with Gasteiger partial charge in [-0.3, -0.25) is 4.99 Å². The summed E-state index contributed by atoms with van der Waals surface area (Å²) >= 11 is 0. The second-order valence-electron chi connectivity index (χ2n) is 8.63. The van der Waals surface area contributed by atoms with E-state index in [2.05, 4.69) is 55.3 Å². The average Bonchev–Trinajstić information content (AvgIpc) is 3.05. The molecule has 0 aromatic heterocycles. The molecule has 0 atom stereocenters. The normalized spacial score (nSPS) is 21.1. The van der Waals surface area contributed by atoms with Gasteiger partial charge in [0.05, 0.1) is 13.7 Å². The number of methoxy groups -OCH3 is 1. The molecule has 5 nitrogen and oxygen atoms in total. The van der Waals surface area contributed by atoms with Crippen LogP contribution in [0.1, 0.15) is 45.6 Å². The molecule has 0 amide bonds. The lowest BCUT2D eigenvalue weighted by Gasteiger charge is -2.37. The van der Waals surface area contributed by atoms with E-state index < -0.39 is 0 Å². The molecule has 0 unspecified atom stereocenters. The van der Waals surface area contributed by atoms with Crippen LogP contribution < -0.4 is 10.1 Å². The summed E-state index contributed by atoms with van der Waals surface area (Å²) < 4.78 is 11.0. The molecule has 28 heavy (non-hydrogen) atoms. The van der Waals surface area contributed by atoms with Gasteiger partial charge in [-0.2, -0.15) is 0 Å². The summed E-state index contributed by atoms with van der Waals surface area (Å²) in [4.78, 5) is 7.54. The van der Waals surface area contributed by atoms with Crippen molar-refractivity contribution in [2.75, 3.05) is 46.5 Å². The highest BCUT2D eigenvalue weighted by atomic mass is 127. The number of nitrogens with one attached hydrogen (secondary N) is 1. The van der Waals surface area contributed by atoms with E-state index in [0.29, 0.717) is 5.41 Å². The van der Waals surface area contributed by atoms with E-state index in [1.165, 1.54) is 12.0 Å². The number of aliphatic imine (C=N–C) groups is 1. The molecule has 0 saturated carbocycles. The first kappa shape index (κ1) is 23.3. The predicted octanol–water partition coefficient (Wildman–Crippen LogP) is 4.06. The summed E-state index contributed by atoms with van der Waals surface area (Å²) in [5.41, 5.74) is 1.75. The zero-order chi connectivity index (χ0) is 19.3. The molecule has 2 heterocycles. The second kappa shape index (κ2) is 10.1. The third kappa shape index (κ3) is 5.53. The molecule has 0 aliphatic carbocycles. The molecular weight excluding hydrogens is 465 g/mol. The van der Waals surface area contributed by atoms with Gasteiger partial charge in [-0.25, -0.2) is 0 Å². The summed E-state index contributed by atoms with van der Waals surface area (Å²) in [5, 5.41) is 3.51. The van der Waals surface area contributed by atoms with Gasteiger partial charge in [0.2, 0.25) is 0 Å². The van der Waals surface area contributed by atoms with E-state index in [4.69, 9.17) is 14.5 Å². The molecule has 2 aliphatic heterocycles. The number of nitrogens with zero attached hydrogens (tertiary/aromatic N) is 2. The maximum Gasteiger partial charge on any atom is 0.193 e. The molecule has 2 saturated heterocycles. The van der Waals surface area contributed by atoms with Crippen LogP contribution in [0, 0.1) is 5.41 Å². The molecule has 1 N–H and O–H groups in total. The van der Waals surface area contributed by atoms with Crippen LogP contribution in [0.3, 0.4) is 0 Å². The number of likely N-dealkylation sites (tertiary alicyclic amines) is 1. The van der Waals surface area contributed by atoms with Crippen LogP contribution in [-0.2, 0) is 10.2 Å². The monoisotopic (exact) mass is 501 g/mol. The first-order valence-corrected chi connectivity index (χ1v) is 10.2. The van der Waals surface area contributed by atoms with Gasteiger partial charge in [-0.15, -0.1) is 24.0 Å². The highest BCUT2D eigenvalue weighted by molar-refractivity contribution is 14.0. The van der Waals surface area contributed by atoms with Gasteiger partial charge in [-0.05, 0) is 49.3 Å². The molecule has 2 aliphatic rings. The van der Waals surface area contributed by atoms with E-state index in [0.717, 1.165) is 63.9 Å². The smallest absolute Gasteiger partial charge is 0.193 e. The molecule has 0 bridgehead atoms. The molecule has 0 radical (unpaired) electrons. The van der Waals surface area contributed by atoms with Crippen LogP contribution in [0.5, 0.6) is 5.75 Å². The van der Waals surface area contributed by atoms with Gasteiger partial charge in [0.1, 0.15) is 5.75 Å². The van der Waals surface area contributed by atoms with E-state index in [1.807, 2.05) is 0 Å². The Bertz CT molecular complexity index is 640. The Balaban J connectivity index is 0.00000280. The quantitative estimate of drug-likeness (QED) is 0.376. The van der Waals surface area contributed by atoms with Crippen molar-refractivity contribution in [2.45, 2.75) is 45.4 Å². The fraction of sp³-hybridized carbons (Fsp3) is 0.682. The summed E-state index contributed by atoms with van der Waals surface area (Å²) in [6, 6.07) is 8.52. The lowest BCUT2D eigenvalue weighted by molar-refractivity contribution is 0.0530. The molecular formula is C22H36IN3O2. The average molecular weight is 501 g/mol. The van der Waals surface area contributed by atoms with Crippen LogP contribution in [0.25, 0.3) is 0 Å². The Morgan fingerprint density at radius 1 is 1.18 bits per heavy atom. The maximum absolute atomic E-state index is 5.67. The number of halogens is 1. The zero-order valence-electron chi connectivity index (χ0n) is 17.8. The van der Waals surface area contributed by atoms with Crippen LogP contribution in [0.2, 0.25) is 0 Å². The third-order valence-electron chi connectivity index (χ3n) is 6.00. The highest BCUT2D eigenvalue weighted by Gasteiger charge is 2.36. The lowest BCUT2D eigenvalue weighted by atomic mass is 9.74. The first-order valence-electron chi connectivity index (χ1n) is 10.2. The Morgan fingerprint density at radius 2 is 1.86 bits per heavy atom. The van der Waals surface area contributed by atoms with Crippen molar-refractivity contribution in [3.8, 4) is 5.75 Å². The fourth-order valence-corrected chi connectivity index (χ4v) is 4.19. The van der Waals surface area contributed by atoms with Gasteiger partial charge in [0, 0.05) is 38.3 Å². The number of hydrogen-bond donors (Lipinski definition) is 1. The minimum Gasteiger partial charge on any atom is -0.497 e. The van der Waals surface area contributed by atoms with Crippen LogP contribution in [0.15, 0.2) is 29.3 Å². The number of benzene rings is 1. The summed E-state index contributed by atoms with van der Waals surface area (Å²) in [7, 11) is 1.71. The van der Waals surface area contributed by atoms with Crippen molar-refractivity contribution in [1.82, 2.24) is 10.2 Å². The number of hydrogen-bond acceptors (Lipinski definition) is 3.